The van der Waals surface area contributed by atoms with Crippen LogP contribution in [-0.4, -0.2) is 4.98 Å². The molecule has 1 aromatic heterocycles. The molecule has 0 aliphatic rings. The van der Waals surface area contributed by atoms with Crippen LogP contribution in [0.4, 0.5) is 0 Å². The molecule has 96 valence electrons. The highest BCUT2D eigenvalue weighted by Gasteiger charge is 2.11. The van der Waals surface area contributed by atoms with Gasteiger partial charge in [0.25, 0.3) is 0 Å². The van der Waals surface area contributed by atoms with Crippen LogP contribution in [-0.2, 0) is 0 Å². The highest BCUT2D eigenvalue weighted by atomic mass is 16.5. The second-order valence-corrected chi connectivity index (χ2v) is 4.80. The van der Waals surface area contributed by atoms with Crippen molar-refractivity contribution in [2.24, 2.45) is 0 Å². The molecular weight excluding hydrogens is 236 g/mol. The molecule has 0 unspecified atom stereocenters. The minimum atomic E-state index is 0.380. The highest BCUT2D eigenvalue weighted by molar-refractivity contribution is 5.47. The molecule has 0 radical (unpaired) electrons. The van der Waals surface area contributed by atoms with E-state index in [2.05, 4.69) is 17.1 Å². The summed E-state index contributed by atoms with van der Waals surface area (Å²) >= 11 is 0. The van der Waals surface area contributed by atoms with Crippen LogP contribution in [0.3, 0.4) is 0 Å². The third-order valence-electron chi connectivity index (χ3n) is 2.83. The molecule has 2 aromatic rings. The third kappa shape index (κ3) is 2.92. The molecule has 19 heavy (non-hydrogen) atoms. The molecule has 0 atom stereocenters. The number of ether oxygens (including phenoxy) is 1. The molecule has 0 aliphatic heterocycles. The summed E-state index contributed by atoms with van der Waals surface area (Å²) in [5.74, 6) is 1.09. The van der Waals surface area contributed by atoms with Gasteiger partial charge >= 0.3 is 0 Å². The van der Waals surface area contributed by atoms with Crippen molar-refractivity contribution in [2.45, 2.75) is 27.7 Å². The highest BCUT2D eigenvalue weighted by Crippen LogP contribution is 2.27. The van der Waals surface area contributed by atoms with E-state index in [-0.39, 0.29) is 0 Å². The Kier molecular flexibility index (Phi) is 3.52. The van der Waals surface area contributed by atoms with Gasteiger partial charge in [-0.15, -0.1) is 0 Å². The number of aromatic nitrogens is 1. The van der Waals surface area contributed by atoms with Gasteiger partial charge in [-0.1, -0.05) is 6.07 Å². The number of benzene rings is 1. The monoisotopic (exact) mass is 252 g/mol. The first-order chi connectivity index (χ1) is 8.99. The second kappa shape index (κ2) is 5.11. The molecule has 3 heteroatoms. The summed E-state index contributed by atoms with van der Waals surface area (Å²) in [7, 11) is 0. The number of nitrogens with zero attached hydrogens (tertiary/aromatic N) is 2. The number of hydrogen-bond donors (Lipinski definition) is 0. The fourth-order valence-corrected chi connectivity index (χ4v) is 2.12. The Balaban J connectivity index is 2.46. The minimum absolute atomic E-state index is 0.380. The predicted molar refractivity (Wildman–Crippen MR) is 74.4 cm³/mol. The Labute approximate surface area is 113 Å². The van der Waals surface area contributed by atoms with E-state index < -0.39 is 0 Å². The largest absolute Gasteiger partial charge is 0.438 e. The molecule has 0 bridgehead atoms. The Morgan fingerprint density at radius 1 is 1.00 bits per heavy atom. The minimum Gasteiger partial charge on any atom is -0.438 e. The van der Waals surface area contributed by atoms with Crippen LogP contribution in [0.25, 0.3) is 0 Å². The maximum absolute atomic E-state index is 9.21. The lowest BCUT2D eigenvalue weighted by atomic mass is 10.1. The quantitative estimate of drug-likeness (QED) is 0.812. The lowest BCUT2D eigenvalue weighted by Gasteiger charge is -2.10. The van der Waals surface area contributed by atoms with Crippen molar-refractivity contribution in [3.63, 3.8) is 0 Å². The summed E-state index contributed by atoms with van der Waals surface area (Å²) in [4.78, 5) is 4.31. The fraction of sp³-hybridized carbons (Fsp3) is 0.250. The van der Waals surface area contributed by atoms with Crippen molar-refractivity contribution in [2.75, 3.05) is 0 Å². The van der Waals surface area contributed by atoms with Crippen molar-refractivity contribution >= 4 is 0 Å². The van der Waals surface area contributed by atoms with Crippen molar-refractivity contribution in [1.29, 1.82) is 5.26 Å². The Morgan fingerprint density at radius 2 is 1.63 bits per heavy atom. The van der Waals surface area contributed by atoms with Crippen molar-refractivity contribution in [3.8, 4) is 17.7 Å². The van der Waals surface area contributed by atoms with Crippen LogP contribution >= 0.6 is 0 Å². The van der Waals surface area contributed by atoms with Crippen LogP contribution in [0.1, 0.15) is 27.9 Å². The lowest BCUT2D eigenvalue weighted by Crippen LogP contribution is -1.97. The van der Waals surface area contributed by atoms with Gasteiger partial charge in [-0.05, 0) is 62.6 Å². The number of aryl methyl sites for hydroxylation is 4. The summed E-state index contributed by atoms with van der Waals surface area (Å²) in [6, 6.07) is 9.99. The fourth-order valence-electron chi connectivity index (χ4n) is 2.12. The molecular formula is C16H16N2O. The normalized spacial score (nSPS) is 10.1. The van der Waals surface area contributed by atoms with E-state index in [0.717, 1.165) is 22.4 Å². The van der Waals surface area contributed by atoms with E-state index in [1.54, 1.807) is 0 Å². The van der Waals surface area contributed by atoms with Gasteiger partial charge in [-0.3, -0.25) is 0 Å². The number of rotatable bonds is 2. The zero-order valence-corrected chi connectivity index (χ0v) is 11.6. The Morgan fingerprint density at radius 3 is 2.21 bits per heavy atom. The number of nitriles is 1. The van der Waals surface area contributed by atoms with Gasteiger partial charge in [0.15, 0.2) is 0 Å². The zero-order chi connectivity index (χ0) is 14.0. The van der Waals surface area contributed by atoms with E-state index >= 15 is 0 Å². The standard InChI is InChI=1S/C16H16N2O/c1-10-5-11(2)7-14(6-10)19-16-15(9-17)12(3)8-13(4)18-16/h5-8H,1-4H3. The molecule has 0 saturated carbocycles. The van der Waals surface area contributed by atoms with E-state index in [4.69, 9.17) is 4.74 Å². The van der Waals surface area contributed by atoms with Gasteiger partial charge in [0, 0.05) is 5.69 Å². The van der Waals surface area contributed by atoms with E-state index in [9.17, 15) is 5.26 Å². The molecule has 0 saturated heterocycles. The van der Waals surface area contributed by atoms with Crippen molar-refractivity contribution in [3.05, 3.63) is 52.2 Å². The van der Waals surface area contributed by atoms with Crippen LogP contribution < -0.4 is 4.74 Å². The number of hydrogen-bond acceptors (Lipinski definition) is 3. The molecule has 1 heterocycles. The van der Waals surface area contributed by atoms with E-state index in [0.29, 0.717) is 17.2 Å². The maximum Gasteiger partial charge on any atom is 0.237 e. The first-order valence-electron chi connectivity index (χ1n) is 6.14. The van der Waals surface area contributed by atoms with Gasteiger partial charge in [0.1, 0.15) is 17.4 Å². The summed E-state index contributed by atoms with van der Waals surface area (Å²) < 4.78 is 5.79. The smallest absolute Gasteiger partial charge is 0.237 e. The van der Waals surface area contributed by atoms with Crippen LogP contribution in [0.15, 0.2) is 24.3 Å². The SMILES string of the molecule is Cc1cc(C)cc(Oc2nc(C)cc(C)c2C#N)c1. The summed E-state index contributed by atoms with van der Waals surface area (Å²) in [5, 5.41) is 9.21. The zero-order valence-electron chi connectivity index (χ0n) is 11.6. The average molecular weight is 252 g/mol. The van der Waals surface area contributed by atoms with E-state index in [1.165, 1.54) is 0 Å². The van der Waals surface area contributed by atoms with Gasteiger partial charge in [-0.25, -0.2) is 4.98 Å². The van der Waals surface area contributed by atoms with Gasteiger partial charge in [-0.2, -0.15) is 5.26 Å². The lowest BCUT2D eigenvalue weighted by molar-refractivity contribution is 0.458. The average Bonchev–Trinajstić information content (AvgIpc) is 2.26. The molecule has 2 rings (SSSR count). The molecule has 0 aliphatic carbocycles. The van der Waals surface area contributed by atoms with Crippen LogP contribution in [0, 0.1) is 39.0 Å². The Bertz CT molecular complexity index is 649. The predicted octanol–water partition coefficient (Wildman–Crippen LogP) is 3.98. The first-order valence-corrected chi connectivity index (χ1v) is 6.14. The molecule has 0 amide bonds. The van der Waals surface area contributed by atoms with Gasteiger partial charge in [0.2, 0.25) is 5.88 Å². The molecule has 0 spiro atoms. The van der Waals surface area contributed by atoms with Gasteiger partial charge < -0.3 is 4.74 Å². The van der Waals surface area contributed by atoms with Gasteiger partial charge in [0.05, 0.1) is 0 Å². The second-order valence-electron chi connectivity index (χ2n) is 4.80. The molecule has 3 nitrogen and oxygen atoms in total. The van der Waals surface area contributed by atoms with Crippen LogP contribution in [0.2, 0.25) is 0 Å². The van der Waals surface area contributed by atoms with Crippen molar-refractivity contribution < 1.29 is 4.74 Å². The topological polar surface area (TPSA) is 45.9 Å². The summed E-state index contributed by atoms with van der Waals surface area (Å²) in [6.45, 7) is 7.81. The molecule has 0 N–H and O–H groups in total. The number of pyridine rings is 1. The summed E-state index contributed by atoms with van der Waals surface area (Å²) in [5.41, 5.74) is 4.46. The third-order valence-corrected chi connectivity index (χ3v) is 2.83. The summed E-state index contributed by atoms with van der Waals surface area (Å²) in [6.07, 6.45) is 0. The molecule has 0 fully saturated rings. The van der Waals surface area contributed by atoms with E-state index in [1.807, 2.05) is 45.9 Å². The maximum atomic E-state index is 9.21. The first kappa shape index (κ1) is 13.1. The molecule has 1 aromatic carbocycles. The Hall–Kier alpha value is -2.34. The van der Waals surface area contributed by atoms with Crippen LogP contribution in [0.5, 0.6) is 11.6 Å². The van der Waals surface area contributed by atoms with Crippen molar-refractivity contribution in [1.82, 2.24) is 4.98 Å².